The van der Waals surface area contributed by atoms with Crippen molar-refractivity contribution in [2.45, 2.75) is 18.8 Å². The van der Waals surface area contributed by atoms with Gasteiger partial charge in [-0.25, -0.2) is 8.78 Å². The predicted molar refractivity (Wildman–Crippen MR) is 49.3 cm³/mol. The Kier molecular flexibility index (Phi) is 1.89. The van der Waals surface area contributed by atoms with E-state index in [0.717, 1.165) is 0 Å². The molecule has 1 aromatic rings. The van der Waals surface area contributed by atoms with E-state index in [1.165, 1.54) is 6.92 Å². The lowest BCUT2D eigenvalue weighted by Gasteiger charge is -2.03. The van der Waals surface area contributed by atoms with Crippen molar-refractivity contribution in [1.82, 2.24) is 0 Å². The van der Waals surface area contributed by atoms with E-state index in [1.807, 2.05) is 0 Å². The zero-order chi connectivity index (χ0) is 10.4. The van der Waals surface area contributed by atoms with Gasteiger partial charge in [-0.05, 0) is 5.56 Å². The third kappa shape index (κ3) is 1.02. The molecule has 1 saturated carbocycles. The summed E-state index contributed by atoms with van der Waals surface area (Å²) < 4.78 is 26.7. The topological polar surface area (TPSA) is 20.2 Å². The normalized spacial score (nSPS) is 34.1. The van der Waals surface area contributed by atoms with Gasteiger partial charge in [0.25, 0.3) is 5.92 Å². The SMILES string of the molecule is C[C@@]1(CO)[C@@H](c2ccccc2)C1(F)F. The largest absolute Gasteiger partial charge is 0.396 e. The average Bonchev–Trinajstić information content (AvgIpc) is 2.63. The van der Waals surface area contributed by atoms with Gasteiger partial charge < -0.3 is 5.11 Å². The van der Waals surface area contributed by atoms with E-state index >= 15 is 0 Å². The molecule has 1 aromatic carbocycles. The van der Waals surface area contributed by atoms with Crippen molar-refractivity contribution in [3.63, 3.8) is 0 Å². The molecule has 0 radical (unpaired) electrons. The molecule has 0 amide bonds. The van der Waals surface area contributed by atoms with Gasteiger partial charge in [-0.15, -0.1) is 0 Å². The second kappa shape index (κ2) is 2.76. The van der Waals surface area contributed by atoms with E-state index in [-0.39, 0.29) is 0 Å². The molecule has 0 aliphatic heterocycles. The standard InChI is InChI=1S/C11H12F2O/c1-10(7-14)9(11(10,12)13)8-5-3-2-4-6-8/h2-6,9,14H,7H2,1H3/t9-,10-/m1/s1. The molecule has 0 spiro atoms. The van der Waals surface area contributed by atoms with Crippen LogP contribution in [0.5, 0.6) is 0 Å². The van der Waals surface area contributed by atoms with Crippen molar-refractivity contribution in [2.75, 3.05) is 6.61 Å². The molecule has 1 nitrogen and oxygen atoms in total. The molecule has 76 valence electrons. The molecule has 0 bridgehead atoms. The first-order chi connectivity index (χ1) is 6.54. The van der Waals surface area contributed by atoms with Crippen molar-refractivity contribution in [3.05, 3.63) is 35.9 Å². The Labute approximate surface area is 81.4 Å². The van der Waals surface area contributed by atoms with Crippen LogP contribution >= 0.6 is 0 Å². The lowest BCUT2D eigenvalue weighted by Crippen LogP contribution is -2.10. The summed E-state index contributed by atoms with van der Waals surface area (Å²) in [6, 6.07) is 8.63. The molecule has 14 heavy (non-hydrogen) atoms. The number of hydrogen-bond acceptors (Lipinski definition) is 1. The summed E-state index contributed by atoms with van der Waals surface area (Å²) >= 11 is 0. The van der Waals surface area contributed by atoms with Gasteiger partial charge >= 0.3 is 0 Å². The van der Waals surface area contributed by atoms with Crippen LogP contribution in [0.15, 0.2) is 30.3 Å². The Hall–Kier alpha value is -0.960. The van der Waals surface area contributed by atoms with Crippen LogP contribution in [-0.4, -0.2) is 17.6 Å². The number of aliphatic hydroxyl groups excluding tert-OH is 1. The molecule has 1 aliphatic carbocycles. The Morgan fingerprint density at radius 1 is 1.29 bits per heavy atom. The van der Waals surface area contributed by atoms with Crippen LogP contribution in [0, 0.1) is 5.41 Å². The zero-order valence-corrected chi connectivity index (χ0v) is 7.87. The minimum atomic E-state index is -2.77. The highest BCUT2D eigenvalue weighted by Gasteiger charge is 2.77. The van der Waals surface area contributed by atoms with E-state index in [0.29, 0.717) is 5.56 Å². The average molecular weight is 198 g/mol. The maximum Gasteiger partial charge on any atom is 0.263 e. The third-order valence-corrected chi connectivity index (χ3v) is 3.14. The minimum Gasteiger partial charge on any atom is -0.396 e. The predicted octanol–water partition coefficient (Wildman–Crippen LogP) is 2.42. The smallest absolute Gasteiger partial charge is 0.263 e. The summed E-state index contributed by atoms with van der Waals surface area (Å²) in [4.78, 5) is 0. The molecule has 2 rings (SSSR count). The van der Waals surface area contributed by atoms with Crippen LogP contribution in [0.4, 0.5) is 8.78 Å². The lowest BCUT2D eigenvalue weighted by atomic mass is 10.0. The highest BCUT2D eigenvalue weighted by Crippen LogP contribution is 2.70. The van der Waals surface area contributed by atoms with Crippen molar-refractivity contribution in [3.8, 4) is 0 Å². The van der Waals surface area contributed by atoms with E-state index in [1.54, 1.807) is 30.3 Å². The van der Waals surface area contributed by atoms with Gasteiger partial charge in [0.1, 0.15) is 0 Å². The Bertz CT molecular complexity index is 336. The summed E-state index contributed by atoms with van der Waals surface area (Å²) in [5.41, 5.74) is -0.664. The van der Waals surface area contributed by atoms with Gasteiger partial charge in [0.15, 0.2) is 0 Å². The van der Waals surface area contributed by atoms with Gasteiger partial charge in [-0.2, -0.15) is 0 Å². The summed E-state index contributed by atoms with van der Waals surface area (Å²) in [5, 5.41) is 8.95. The maximum absolute atomic E-state index is 13.4. The molecule has 0 heterocycles. The monoisotopic (exact) mass is 198 g/mol. The van der Waals surface area contributed by atoms with Crippen LogP contribution < -0.4 is 0 Å². The number of rotatable bonds is 2. The quantitative estimate of drug-likeness (QED) is 0.773. The fourth-order valence-electron chi connectivity index (χ4n) is 2.00. The second-order valence-electron chi connectivity index (χ2n) is 4.04. The van der Waals surface area contributed by atoms with Gasteiger partial charge in [-0.1, -0.05) is 37.3 Å². The first-order valence-electron chi connectivity index (χ1n) is 4.57. The lowest BCUT2D eigenvalue weighted by molar-refractivity contribution is 0.0436. The zero-order valence-electron chi connectivity index (χ0n) is 7.87. The summed E-state index contributed by atoms with van der Waals surface area (Å²) in [6.07, 6.45) is 0. The van der Waals surface area contributed by atoms with Crippen LogP contribution in [0.25, 0.3) is 0 Å². The Morgan fingerprint density at radius 3 is 2.29 bits per heavy atom. The second-order valence-corrected chi connectivity index (χ2v) is 4.04. The number of alkyl halides is 2. The summed E-state index contributed by atoms with van der Waals surface area (Å²) in [6.45, 7) is 0.949. The molecule has 1 aliphatic rings. The summed E-state index contributed by atoms with van der Waals surface area (Å²) in [5.74, 6) is -3.61. The highest BCUT2D eigenvalue weighted by atomic mass is 19.3. The molecular weight excluding hydrogens is 186 g/mol. The first-order valence-corrected chi connectivity index (χ1v) is 4.57. The van der Waals surface area contributed by atoms with Gasteiger partial charge in [0.2, 0.25) is 0 Å². The number of hydrogen-bond donors (Lipinski definition) is 1. The minimum absolute atomic E-state index is 0.473. The van der Waals surface area contributed by atoms with Crippen molar-refractivity contribution < 1.29 is 13.9 Å². The molecule has 2 atom stereocenters. The van der Waals surface area contributed by atoms with E-state index in [4.69, 9.17) is 5.11 Å². The van der Waals surface area contributed by atoms with Crippen LogP contribution in [0.3, 0.4) is 0 Å². The molecule has 1 N–H and O–H groups in total. The fourth-order valence-corrected chi connectivity index (χ4v) is 2.00. The Balaban J connectivity index is 2.32. The molecule has 1 fully saturated rings. The van der Waals surface area contributed by atoms with Crippen LogP contribution in [-0.2, 0) is 0 Å². The molecule has 0 aromatic heterocycles. The number of benzene rings is 1. The fraction of sp³-hybridized carbons (Fsp3) is 0.455. The highest BCUT2D eigenvalue weighted by molar-refractivity contribution is 5.36. The van der Waals surface area contributed by atoms with Gasteiger partial charge in [0, 0.05) is 0 Å². The molecule has 0 saturated heterocycles. The number of aliphatic hydroxyl groups is 1. The van der Waals surface area contributed by atoms with Crippen molar-refractivity contribution >= 4 is 0 Å². The van der Waals surface area contributed by atoms with Crippen LogP contribution in [0.2, 0.25) is 0 Å². The van der Waals surface area contributed by atoms with E-state index < -0.39 is 23.9 Å². The number of halogens is 2. The van der Waals surface area contributed by atoms with Gasteiger partial charge in [0.05, 0.1) is 17.9 Å². The summed E-state index contributed by atoms with van der Waals surface area (Å²) in [7, 11) is 0. The molecule has 0 unspecified atom stereocenters. The first kappa shape index (κ1) is 9.59. The van der Waals surface area contributed by atoms with Crippen molar-refractivity contribution in [2.24, 2.45) is 5.41 Å². The Morgan fingerprint density at radius 2 is 1.86 bits per heavy atom. The maximum atomic E-state index is 13.4. The van der Waals surface area contributed by atoms with E-state index in [2.05, 4.69) is 0 Å². The van der Waals surface area contributed by atoms with Gasteiger partial charge in [-0.3, -0.25) is 0 Å². The molecule has 3 heteroatoms. The van der Waals surface area contributed by atoms with E-state index in [9.17, 15) is 8.78 Å². The van der Waals surface area contributed by atoms with Crippen LogP contribution in [0.1, 0.15) is 18.4 Å². The molecular formula is C11H12F2O. The third-order valence-electron chi connectivity index (χ3n) is 3.14. The van der Waals surface area contributed by atoms with Crippen molar-refractivity contribution in [1.29, 1.82) is 0 Å².